The zero-order valence-corrected chi connectivity index (χ0v) is 9.62. The standard InChI is InChI=1S/C12H17N3O/c1-3-12(2,8-16)15-11-5-4-9(7-13)6-10(11)14/h4-6,15-16H,3,8,14H2,1-2H3. The predicted octanol–water partition coefficient (Wildman–Crippen LogP) is 1.71. The summed E-state index contributed by atoms with van der Waals surface area (Å²) in [5.41, 5.74) is 7.23. The van der Waals surface area contributed by atoms with E-state index in [4.69, 9.17) is 11.0 Å². The number of nitrogens with zero attached hydrogens (tertiary/aromatic N) is 1. The highest BCUT2D eigenvalue weighted by Gasteiger charge is 2.21. The third-order valence-electron chi connectivity index (χ3n) is 2.75. The van der Waals surface area contributed by atoms with E-state index in [-0.39, 0.29) is 12.1 Å². The van der Waals surface area contributed by atoms with Crippen molar-refractivity contribution in [3.63, 3.8) is 0 Å². The van der Waals surface area contributed by atoms with Gasteiger partial charge in [-0.1, -0.05) is 6.92 Å². The number of hydrogen-bond donors (Lipinski definition) is 3. The maximum Gasteiger partial charge on any atom is 0.0992 e. The molecule has 1 atom stereocenters. The summed E-state index contributed by atoms with van der Waals surface area (Å²) in [4.78, 5) is 0. The molecule has 4 N–H and O–H groups in total. The molecule has 0 spiro atoms. The molecule has 0 aromatic heterocycles. The van der Waals surface area contributed by atoms with Crippen molar-refractivity contribution in [1.82, 2.24) is 0 Å². The van der Waals surface area contributed by atoms with E-state index in [9.17, 15) is 5.11 Å². The second-order valence-corrected chi connectivity index (χ2v) is 4.11. The number of aliphatic hydroxyl groups excluding tert-OH is 1. The van der Waals surface area contributed by atoms with E-state index in [1.165, 1.54) is 0 Å². The van der Waals surface area contributed by atoms with Crippen LogP contribution in [0.25, 0.3) is 0 Å². The Bertz CT molecular complexity index is 405. The van der Waals surface area contributed by atoms with Gasteiger partial charge >= 0.3 is 0 Å². The molecule has 1 rings (SSSR count). The van der Waals surface area contributed by atoms with E-state index in [1.807, 2.05) is 19.9 Å². The Morgan fingerprint density at radius 3 is 2.69 bits per heavy atom. The molecule has 0 amide bonds. The SMILES string of the molecule is CCC(C)(CO)Nc1ccc(C#N)cc1N. The number of nitrogens with one attached hydrogen (secondary N) is 1. The molecular formula is C12H17N3O. The van der Waals surface area contributed by atoms with Crippen molar-refractivity contribution in [3.8, 4) is 6.07 Å². The lowest BCUT2D eigenvalue weighted by atomic mass is 9.99. The minimum absolute atomic E-state index is 0.0307. The number of benzene rings is 1. The number of nitriles is 1. The van der Waals surface area contributed by atoms with Crippen molar-refractivity contribution in [2.75, 3.05) is 17.7 Å². The summed E-state index contributed by atoms with van der Waals surface area (Å²) in [6.07, 6.45) is 0.781. The van der Waals surface area contributed by atoms with Gasteiger partial charge in [-0.05, 0) is 31.5 Å². The lowest BCUT2D eigenvalue weighted by Crippen LogP contribution is -2.38. The Hall–Kier alpha value is -1.73. The van der Waals surface area contributed by atoms with Gasteiger partial charge in [0.15, 0.2) is 0 Å². The summed E-state index contributed by atoms with van der Waals surface area (Å²) < 4.78 is 0. The molecular weight excluding hydrogens is 202 g/mol. The molecule has 0 aliphatic heterocycles. The van der Waals surface area contributed by atoms with Crippen LogP contribution in [0.15, 0.2) is 18.2 Å². The maximum atomic E-state index is 9.28. The number of nitrogen functional groups attached to an aromatic ring is 1. The van der Waals surface area contributed by atoms with E-state index >= 15 is 0 Å². The average molecular weight is 219 g/mol. The fourth-order valence-corrected chi connectivity index (χ4v) is 1.31. The molecule has 1 unspecified atom stereocenters. The van der Waals surface area contributed by atoms with Gasteiger partial charge in [-0.3, -0.25) is 0 Å². The first-order valence-electron chi connectivity index (χ1n) is 5.23. The molecule has 0 heterocycles. The molecule has 86 valence electrons. The molecule has 0 radical (unpaired) electrons. The first-order chi connectivity index (χ1) is 7.54. The fourth-order valence-electron chi connectivity index (χ4n) is 1.31. The first kappa shape index (κ1) is 12.3. The molecule has 0 aliphatic rings. The third-order valence-corrected chi connectivity index (χ3v) is 2.75. The van der Waals surface area contributed by atoms with Gasteiger partial charge in [0.25, 0.3) is 0 Å². The van der Waals surface area contributed by atoms with Crippen LogP contribution in [-0.2, 0) is 0 Å². The fraction of sp³-hybridized carbons (Fsp3) is 0.417. The highest BCUT2D eigenvalue weighted by molar-refractivity contribution is 5.69. The summed E-state index contributed by atoms with van der Waals surface area (Å²) in [7, 11) is 0. The maximum absolute atomic E-state index is 9.28. The summed E-state index contributed by atoms with van der Waals surface area (Å²) in [5, 5.41) is 21.2. The molecule has 0 bridgehead atoms. The largest absolute Gasteiger partial charge is 0.397 e. The van der Waals surface area contributed by atoms with E-state index in [0.29, 0.717) is 11.3 Å². The predicted molar refractivity (Wildman–Crippen MR) is 65.0 cm³/mol. The molecule has 1 aromatic carbocycles. The van der Waals surface area contributed by atoms with Crippen LogP contribution in [-0.4, -0.2) is 17.3 Å². The highest BCUT2D eigenvalue weighted by Crippen LogP contribution is 2.24. The third kappa shape index (κ3) is 2.65. The van der Waals surface area contributed by atoms with Gasteiger partial charge in [0.05, 0.1) is 35.2 Å². The van der Waals surface area contributed by atoms with Crippen molar-refractivity contribution in [2.24, 2.45) is 0 Å². The Morgan fingerprint density at radius 2 is 2.25 bits per heavy atom. The monoisotopic (exact) mass is 219 g/mol. The van der Waals surface area contributed by atoms with Gasteiger partial charge in [0.1, 0.15) is 0 Å². The van der Waals surface area contributed by atoms with Crippen LogP contribution in [0.2, 0.25) is 0 Å². The van der Waals surface area contributed by atoms with Crippen LogP contribution in [0.1, 0.15) is 25.8 Å². The highest BCUT2D eigenvalue weighted by atomic mass is 16.3. The Labute approximate surface area is 95.7 Å². The van der Waals surface area contributed by atoms with Crippen LogP contribution in [0, 0.1) is 11.3 Å². The van der Waals surface area contributed by atoms with Crippen LogP contribution in [0.3, 0.4) is 0 Å². The van der Waals surface area contributed by atoms with Crippen LogP contribution < -0.4 is 11.1 Å². The Balaban J connectivity index is 2.94. The second-order valence-electron chi connectivity index (χ2n) is 4.11. The van der Waals surface area contributed by atoms with Crippen molar-refractivity contribution < 1.29 is 5.11 Å². The lowest BCUT2D eigenvalue weighted by molar-refractivity contribution is 0.219. The molecule has 4 heteroatoms. The van der Waals surface area contributed by atoms with E-state index in [0.717, 1.165) is 12.1 Å². The summed E-state index contributed by atoms with van der Waals surface area (Å²) >= 11 is 0. The second kappa shape index (κ2) is 4.86. The van der Waals surface area contributed by atoms with Crippen molar-refractivity contribution in [2.45, 2.75) is 25.8 Å². The van der Waals surface area contributed by atoms with Crippen LogP contribution in [0.5, 0.6) is 0 Å². The van der Waals surface area contributed by atoms with Crippen molar-refractivity contribution in [3.05, 3.63) is 23.8 Å². The summed E-state index contributed by atoms with van der Waals surface area (Å²) in [5.74, 6) is 0. The molecule has 0 aliphatic carbocycles. The smallest absolute Gasteiger partial charge is 0.0992 e. The van der Waals surface area contributed by atoms with Crippen LogP contribution >= 0.6 is 0 Å². The number of hydrogen-bond acceptors (Lipinski definition) is 4. The summed E-state index contributed by atoms with van der Waals surface area (Å²) in [6, 6.07) is 7.11. The molecule has 0 saturated carbocycles. The molecule has 16 heavy (non-hydrogen) atoms. The minimum atomic E-state index is -0.387. The van der Waals surface area contributed by atoms with Crippen molar-refractivity contribution in [1.29, 1.82) is 5.26 Å². The zero-order valence-electron chi connectivity index (χ0n) is 9.62. The van der Waals surface area contributed by atoms with E-state index in [2.05, 4.69) is 5.32 Å². The number of nitrogens with two attached hydrogens (primary N) is 1. The molecule has 0 saturated heterocycles. The Morgan fingerprint density at radius 1 is 1.56 bits per heavy atom. The van der Waals surface area contributed by atoms with Gasteiger partial charge in [-0.15, -0.1) is 0 Å². The van der Waals surface area contributed by atoms with Gasteiger partial charge in [0, 0.05) is 0 Å². The van der Waals surface area contributed by atoms with Crippen molar-refractivity contribution >= 4 is 11.4 Å². The zero-order chi connectivity index (χ0) is 12.2. The quantitative estimate of drug-likeness (QED) is 0.673. The number of aliphatic hydroxyl groups is 1. The molecule has 4 nitrogen and oxygen atoms in total. The van der Waals surface area contributed by atoms with E-state index in [1.54, 1.807) is 18.2 Å². The number of anilines is 2. The topological polar surface area (TPSA) is 82.1 Å². The summed E-state index contributed by atoms with van der Waals surface area (Å²) in [6.45, 7) is 3.94. The van der Waals surface area contributed by atoms with E-state index < -0.39 is 0 Å². The van der Waals surface area contributed by atoms with Crippen LogP contribution in [0.4, 0.5) is 11.4 Å². The normalized spacial score (nSPS) is 13.9. The average Bonchev–Trinajstić information content (AvgIpc) is 2.31. The van der Waals surface area contributed by atoms with Gasteiger partial charge in [0.2, 0.25) is 0 Å². The lowest BCUT2D eigenvalue weighted by Gasteiger charge is -2.29. The molecule has 0 fully saturated rings. The van der Waals surface area contributed by atoms with Gasteiger partial charge in [-0.25, -0.2) is 0 Å². The first-order valence-corrected chi connectivity index (χ1v) is 5.23. The number of rotatable bonds is 4. The Kier molecular flexibility index (Phi) is 3.75. The minimum Gasteiger partial charge on any atom is -0.397 e. The molecule has 1 aromatic rings. The van der Waals surface area contributed by atoms with Gasteiger partial charge in [-0.2, -0.15) is 5.26 Å². The van der Waals surface area contributed by atoms with Gasteiger partial charge < -0.3 is 16.2 Å².